The zero-order valence-electron chi connectivity index (χ0n) is 11.0. The molecule has 0 saturated carbocycles. The van der Waals surface area contributed by atoms with Crippen LogP contribution in [-0.2, 0) is 0 Å². The second-order valence-corrected chi connectivity index (χ2v) is 7.02. The fourth-order valence-corrected chi connectivity index (χ4v) is 4.43. The third kappa shape index (κ3) is 3.20. The Hall–Kier alpha value is -1.81. The van der Waals surface area contributed by atoms with E-state index >= 15 is 0 Å². The molecule has 3 aromatic carbocycles. The summed E-state index contributed by atoms with van der Waals surface area (Å²) in [5.74, 6) is 0. The topological polar surface area (TPSA) is 3.24 Å². The van der Waals surface area contributed by atoms with Crippen LogP contribution in [0.15, 0.2) is 91.0 Å². The Labute approximate surface area is 130 Å². The molecule has 0 saturated heterocycles. The molecule has 3 rings (SSSR count). The number of halogens is 1. The fourth-order valence-electron chi connectivity index (χ4n) is 1.93. The molecule has 0 radical (unpaired) electrons. The van der Waals surface area contributed by atoms with Crippen molar-refractivity contribution in [3.63, 3.8) is 0 Å². The monoisotopic (exact) mass is 372 g/mol. The number of hydrogen-bond acceptors (Lipinski definition) is 1. The second kappa shape index (κ2) is 6.57. The van der Waals surface area contributed by atoms with E-state index in [1.165, 1.54) is 14.9 Å². The van der Waals surface area contributed by atoms with Gasteiger partial charge >= 0.3 is 131 Å². The van der Waals surface area contributed by atoms with Crippen LogP contribution in [0.2, 0.25) is 0 Å². The predicted octanol–water partition coefficient (Wildman–Crippen LogP) is 1.70. The number of anilines is 2. The predicted molar refractivity (Wildman–Crippen MR) is 80.2 cm³/mol. The van der Waals surface area contributed by atoms with Gasteiger partial charge in [-0.1, -0.05) is 0 Å². The van der Waals surface area contributed by atoms with Gasteiger partial charge in [0.25, 0.3) is 0 Å². The summed E-state index contributed by atoms with van der Waals surface area (Å²) in [6, 6.07) is 31.9. The van der Waals surface area contributed by atoms with Crippen LogP contribution in [0.25, 0.3) is 0 Å². The van der Waals surface area contributed by atoms with E-state index in [9.17, 15) is 0 Å². The standard InChI is InChI=1S/C18H15IN/c1-4-10-16(11-5-1)19-20(17-12-6-2-7-13-17)18-14-8-3-9-15-18/h1-15H/q-1. The van der Waals surface area contributed by atoms with Crippen LogP contribution >= 0.6 is 0 Å². The van der Waals surface area contributed by atoms with Crippen LogP contribution in [0, 0.1) is 3.57 Å². The third-order valence-corrected chi connectivity index (χ3v) is 5.75. The van der Waals surface area contributed by atoms with Crippen molar-refractivity contribution in [2.45, 2.75) is 0 Å². The van der Waals surface area contributed by atoms with Gasteiger partial charge in [-0.15, -0.1) is 0 Å². The van der Waals surface area contributed by atoms with Crippen molar-refractivity contribution in [2.75, 3.05) is 3.11 Å². The normalized spacial score (nSPS) is 10.4. The summed E-state index contributed by atoms with van der Waals surface area (Å²) < 4.78 is 3.85. The molecule has 0 amide bonds. The summed E-state index contributed by atoms with van der Waals surface area (Å²) in [5.41, 5.74) is 2.52. The average molecular weight is 372 g/mol. The van der Waals surface area contributed by atoms with Gasteiger partial charge in [-0.2, -0.15) is 0 Å². The molecule has 0 unspecified atom stereocenters. The molecule has 20 heavy (non-hydrogen) atoms. The van der Waals surface area contributed by atoms with Crippen molar-refractivity contribution in [3.05, 3.63) is 94.6 Å². The molecule has 0 aliphatic carbocycles. The van der Waals surface area contributed by atoms with Crippen molar-refractivity contribution < 1.29 is 21.5 Å². The van der Waals surface area contributed by atoms with Gasteiger partial charge < -0.3 is 0 Å². The Morgan fingerprint density at radius 1 is 0.500 bits per heavy atom. The Morgan fingerprint density at radius 3 is 1.35 bits per heavy atom. The number of benzene rings is 3. The molecule has 0 heterocycles. The summed E-state index contributed by atoms with van der Waals surface area (Å²) in [6.45, 7) is 0. The fraction of sp³-hybridized carbons (Fsp3) is 0. The molecule has 0 aliphatic rings. The van der Waals surface area contributed by atoms with E-state index in [2.05, 4.69) is 94.1 Å². The van der Waals surface area contributed by atoms with Crippen molar-refractivity contribution in [3.8, 4) is 0 Å². The summed E-state index contributed by atoms with van der Waals surface area (Å²) in [4.78, 5) is 0. The second-order valence-electron chi connectivity index (χ2n) is 4.33. The Kier molecular flexibility index (Phi) is 4.33. The summed E-state index contributed by atoms with van der Waals surface area (Å²) in [7, 11) is 0. The van der Waals surface area contributed by atoms with Crippen molar-refractivity contribution in [2.24, 2.45) is 0 Å². The number of nitrogens with zero attached hydrogens (tertiary/aromatic N) is 1. The molecule has 1 nitrogen and oxygen atoms in total. The first kappa shape index (κ1) is 13.2. The van der Waals surface area contributed by atoms with E-state index < -0.39 is 0 Å². The van der Waals surface area contributed by atoms with Crippen LogP contribution in [0.5, 0.6) is 0 Å². The molecule has 100 valence electrons. The van der Waals surface area contributed by atoms with Gasteiger partial charge in [-0.25, -0.2) is 0 Å². The number of para-hydroxylation sites is 2. The maximum absolute atomic E-state index is 2.44. The van der Waals surface area contributed by atoms with E-state index in [4.69, 9.17) is 0 Å². The van der Waals surface area contributed by atoms with Crippen LogP contribution in [-0.4, -0.2) is 0 Å². The van der Waals surface area contributed by atoms with E-state index in [0.717, 1.165) is 0 Å². The molecule has 0 fully saturated rings. The molecule has 0 N–H and O–H groups in total. The van der Waals surface area contributed by atoms with Gasteiger partial charge in [0.1, 0.15) is 0 Å². The summed E-state index contributed by atoms with van der Waals surface area (Å²) in [5, 5.41) is 0. The maximum atomic E-state index is 2.44. The number of hydrogen-bond donors (Lipinski definition) is 0. The molecule has 0 bridgehead atoms. The minimum absolute atomic E-state index is 0.263. The summed E-state index contributed by atoms with van der Waals surface area (Å²) in [6.07, 6.45) is 0. The molecule has 0 atom stereocenters. The zero-order chi connectivity index (χ0) is 13.6. The molecular weight excluding hydrogens is 357 g/mol. The van der Waals surface area contributed by atoms with E-state index in [1.54, 1.807) is 0 Å². The van der Waals surface area contributed by atoms with Crippen LogP contribution in [0.4, 0.5) is 11.4 Å². The van der Waals surface area contributed by atoms with Gasteiger partial charge in [0.2, 0.25) is 0 Å². The Bertz CT molecular complexity index is 599. The Morgan fingerprint density at radius 2 is 0.900 bits per heavy atom. The van der Waals surface area contributed by atoms with E-state index in [1.807, 2.05) is 0 Å². The van der Waals surface area contributed by atoms with Gasteiger partial charge in [-0.3, -0.25) is 0 Å². The van der Waals surface area contributed by atoms with Gasteiger partial charge in [0.15, 0.2) is 0 Å². The van der Waals surface area contributed by atoms with Crippen molar-refractivity contribution in [1.82, 2.24) is 0 Å². The molecule has 2 heteroatoms. The van der Waals surface area contributed by atoms with Crippen molar-refractivity contribution in [1.29, 1.82) is 0 Å². The number of rotatable bonds is 4. The quantitative estimate of drug-likeness (QED) is 0.498. The molecule has 0 spiro atoms. The third-order valence-electron chi connectivity index (χ3n) is 2.88. The first-order valence-electron chi connectivity index (χ1n) is 6.54. The average Bonchev–Trinajstić information content (AvgIpc) is 2.55. The molecule has 0 aliphatic heterocycles. The molecule has 0 aromatic heterocycles. The minimum atomic E-state index is -0.263. The van der Waals surface area contributed by atoms with E-state index in [0.29, 0.717) is 0 Å². The first-order chi connectivity index (χ1) is 9.93. The van der Waals surface area contributed by atoms with Gasteiger partial charge in [-0.05, 0) is 0 Å². The molecular formula is C18H15IN-. The first-order valence-corrected chi connectivity index (χ1v) is 8.58. The SMILES string of the molecule is c1ccc([I-]N(c2ccccc2)c2ccccc2)cc1. The van der Waals surface area contributed by atoms with E-state index in [-0.39, 0.29) is 21.5 Å². The van der Waals surface area contributed by atoms with Crippen LogP contribution in [0.1, 0.15) is 0 Å². The van der Waals surface area contributed by atoms with Gasteiger partial charge in [0, 0.05) is 0 Å². The summed E-state index contributed by atoms with van der Waals surface area (Å²) >= 11 is -0.263. The van der Waals surface area contributed by atoms with Crippen LogP contribution in [0.3, 0.4) is 0 Å². The van der Waals surface area contributed by atoms with Crippen LogP contribution < -0.4 is 24.6 Å². The molecule has 3 aromatic rings. The van der Waals surface area contributed by atoms with Crippen molar-refractivity contribution >= 4 is 11.4 Å². The Balaban J connectivity index is 1.96. The zero-order valence-corrected chi connectivity index (χ0v) is 13.1. The van der Waals surface area contributed by atoms with Gasteiger partial charge in [0.05, 0.1) is 0 Å².